The van der Waals surface area contributed by atoms with Crippen LogP contribution in [0.5, 0.6) is 0 Å². The van der Waals surface area contributed by atoms with Gasteiger partial charge in [0.15, 0.2) is 5.82 Å². The number of benzene rings is 1. The average Bonchev–Trinajstić information content (AvgIpc) is 3.73. The molecular weight excluding hydrogens is 520 g/mol. The highest BCUT2D eigenvalue weighted by Crippen LogP contribution is 2.25. The van der Waals surface area contributed by atoms with Crippen LogP contribution in [-0.4, -0.2) is 51.9 Å². The van der Waals surface area contributed by atoms with Crippen molar-refractivity contribution in [1.82, 2.24) is 39.3 Å². The lowest BCUT2D eigenvalue weighted by Gasteiger charge is -2.11. The van der Waals surface area contributed by atoms with E-state index in [9.17, 15) is 9.59 Å². The van der Waals surface area contributed by atoms with Crippen molar-refractivity contribution in [2.45, 2.75) is 59.5 Å². The van der Waals surface area contributed by atoms with Gasteiger partial charge in [0.05, 0.1) is 18.8 Å². The van der Waals surface area contributed by atoms with Gasteiger partial charge in [-0.05, 0) is 72.0 Å². The number of carbonyl (C=O) groups excluding carboxylic acids is 1. The summed E-state index contributed by atoms with van der Waals surface area (Å²) in [6, 6.07) is 13.6. The number of rotatable bonds is 12. The van der Waals surface area contributed by atoms with Gasteiger partial charge in [-0.2, -0.15) is 0 Å². The first-order valence-corrected chi connectivity index (χ1v) is 14.0. The van der Waals surface area contributed by atoms with E-state index >= 15 is 0 Å². The number of nitrogens with one attached hydrogen (secondary N) is 1. The number of H-pyrrole nitrogens is 1. The second-order valence-corrected chi connectivity index (χ2v) is 9.80. The predicted molar refractivity (Wildman–Crippen MR) is 155 cm³/mol. The van der Waals surface area contributed by atoms with Crippen LogP contribution in [0.4, 0.5) is 0 Å². The molecule has 11 heteroatoms. The van der Waals surface area contributed by atoms with Crippen LogP contribution in [0.1, 0.15) is 61.8 Å². The van der Waals surface area contributed by atoms with Gasteiger partial charge < -0.3 is 9.30 Å². The second-order valence-electron chi connectivity index (χ2n) is 9.80. The van der Waals surface area contributed by atoms with Crippen LogP contribution in [-0.2, 0) is 24.2 Å². The number of nitrogens with zero attached hydrogens (tertiary/aromatic N) is 7. The lowest BCUT2D eigenvalue weighted by atomic mass is 10.0. The topological polar surface area (TPSA) is 126 Å². The van der Waals surface area contributed by atoms with E-state index in [1.807, 2.05) is 53.4 Å². The second kappa shape index (κ2) is 12.6. The van der Waals surface area contributed by atoms with Crippen LogP contribution >= 0.6 is 0 Å². The zero-order chi connectivity index (χ0) is 28.8. The Hall–Kier alpha value is -4.80. The number of hydrogen-bond acceptors (Lipinski definition) is 7. The van der Waals surface area contributed by atoms with E-state index in [0.717, 1.165) is 53.8 Å². The third kappa shape index (κ3) is 5.88. The minimum atomic E-state index is -0.440. The minimum Gasteiger partial charge on any atom is -0.462 e. The monoisotopic (exact) mass is 554 g/mol. The van der Waals surface area contributed by atoms with Gasteiger partial charge in [0.25, 0.3) is 0 Å². The first-order valence-electron chi connectivity index (χ1n) is 14.0. The fourth-order valence-corrected chi connectivity index (χ4v) is 4.96. The van der Waals surface area contributed by atoms with Crippen molar-refractivity contribution in [2.75, 3.05) is 6.61 Å². The van der Waals surface area contributed by atoms with E-state index in [-0.39, 0.29) is 12.3 Å². The molecule has 41 heavy (non-hydrogen) atoms. The number of carbonyl (C=O) groups is 1. The number of hydrogen-bond donors (Lipinski definition) is 1. The molecule has 0 aliphatic rings. The molecule has 212 valence electrons. The molecule has 0 saturated carbocycles. The van der Waals surface area contributed by atoms with Gasteiger partial charge >= 0.3 is 11.7 Å². The summed E-state index contributed by atoms with van der Waals surface area (Å²) in [5.74, 6) is 0.682. The van der Waals surface area contributed by atoms with Crippen molar-refractivity contribution >= 4 is 5.97 Å². The van der Waals surface area contributed by atoms with Crippen molar-refractivity contribution < 1.29 is 9.53 Å². The van der Waals surface area contributed by atoms with Crippen molar-refractivity contribution in [1.29, 1.82) is 0 Å². The molecule has 0 aliphatic carbocycles. The van der Waals surface area contributed by atoms with Gasteiger partial charge in [0.2, 0.25) is 0 Å². The largest absolute Gasteiger partial charge is 0.462 e. The van der Waals surface area contributed by atoms with E-state index < -0.39 is 5.97 Å². The van der Waals surface area contributed by atoms with Gasteiger partial charge in [-0.25, -0.2) is 14.7 Å². The number of ether oxygens (including phenoxy) is 1. The zero-order valence-corrected chi connectivity index (χ0v) is 23.6. The summed E-state index contributed by atoms with van der Waals surface area (Å²) in [4.78, 5) is 31.4. The standard InChI is InChI=1S/C30H34N8O3/c1-4-7-11-25-20-38(28-26(29(39)41-6-3)13-16-36(28)15-5-2)30(40)37(25)19-24-18-22(12-14-31-24)21-9-8-10-23(17-21)27-32-34-35-33-27/h8-10,12-14,16-18,20H,4-7,11,15,19H2,1-3H3,(H,32,33,34,35). The first-order chi connectivity index (χ1) is 20.0. The summed E-state index contributed by atoms with van der Waals surface area (Å²) in [6.45, 7) is 7.19. The molecule has 5 rings (SSSR count). The van der Waals surface area contributed by atoms with Gasteiger partial charge in [0.1, 0.15) is 11.4 Å². The Morgan fingerprint density at radius 1 is 1.02 bits per heavy atom. The summed E-state index contributed by atoms with van der Waals surface area (Å²) < 4.78 is 10.6. The number of imidazole rings is 1. The summed E-state index contributed by atoms with van der Waals surface area (Å²) in [6.07, 6.45) is 8.97. The number of esters is 1. The lowest BCUT2D eigenvalue weighted by molar-refractivity contribution is 0.0526. The number of pyridine rings is 1. The Bertz CT molecular complexity index is 1680. The number of aryl methyl sites for hydroxylation is 2. The number of unbranched alkanes of at least 4 members (excludes halogenated alkanes) is 1. The maximum Gasteiger partial charge on any atom is 0.341 e. The molecular formula is C30H34N8O3. The third-order valence-electron chi connectivity index (χ3n) is 6.92. The molecule has 5 aromatic rings. The number of aromatic amines is 1. The van der Waals surface area contributed by atoms with E-state index in [4.69, 9.17) is 4.74 Å². The molecule has 0 unspecified atom stereocenters. The highest BCUT2D eigenvalue weighted by atomic mass is 16.5. The Kier molecular flexibility index (Phi) is 8.52. The van der Waals surface area contributed by atoms with Crippen LogP contribution in [0, 0.1) is 0 Å². The first kappa shape index (κ1) is 27.8. The van der Waals surface area contributed by atoms with Crippen molar-refractivity contribution in [3.8, 4) is 28.3 Å². The predicted octanol–water partition coefficient (Wildman–Crippen LogP) is 4.66. The van der Waals surface area contributed by atoms with Crippen LogP contribution < -0.4 is 5.69 Å². The van der Waals surface area contributed by atoms with Crippen molar-refractivity contribution in [3.05, 3.63) is 88.5 Å². The summed E-state index contributed by atoms with van der Waals surface area (Å²) in [7, 11) is 0. The summed E-state index contributed by atoms with van der Waals surface area (Å²) in [5, 5.41) is 14.1. The fourth-order valence-electron chi connectivity index (χ4n) is 4.96. The van der Waals surface area contributed by atoms with Crippen LogP contribution in [0.25, 0.3) is 28.3 Å². The SMILES string of the molecule is CCCCc1cn(-c2c(C(=O)OCC)ccn2CCC)c(=O)n1Cc1cc(-c2cccc(-c3nnn[nH]3)c2)ccn1. The maximum absolute atomic E-state index is 14.0. The Balaban J connectivity index is 1.54. The molecule has 4 aromatic heterocycles. The molecule has 1 N–H and O–H groups in total. The molecule has 0 atom stereocenters. The van der Waals surface area contributed by atoms with Gasteiger partial charge in [-0.3, -0.25) is 14.1 Å². The molecule has 0 spiro atoms. The van der Waals surface area contributed by atoms with Crippen LogP contribution in [0.2, 0.25) is 0 Å². The molecule has 0 saturated heterocycles. The quantitative estimate of drug-likeness (QED) is 0.222. The van der Waals surface area contributed by atoms with Crippen molar-refractivity contribution in [2.24, 2.45) is 0 Å². The minimum absolute atomic E-state index is 0.218. The molecule has 4 heterocycles. The lowest BCUT2D eigenvalue weighted by Crippen LogP contribution is -2.27. The van der Waals surface area contributed by atoms with E-state index in [1.54, 1.807) is 28.3 Å². The number of aromatic nitrogens is 8. The summed E-state index contributed by atoms with van der Waals surface area (Å²) >= 11 is 0. The third-order valence-corrected chi connectivity index (χ3v) is 6.92. The van der Waals surface area contributed by atoms with Crippen LogP contribution in [0.3, 0.4) is 0 Å². The smallest absolute Gasteiger partial charge is 0.341 e. The summed E-state index contributed by atoms with van der Waals surface area (Å²) in [5.41, 5.74) is 4.62. The molecule has 11 nitrogen and oxygen atoms in total. The zero-order valence-electron chi connectivity index (χ0n) is 23.6. The van der Waals surface area contributed by atoms with E-state index in [2.05, 4.69) is 39.5 Å². The number of tetrazole rings is 1. The fraction of sp³-hybridized carbons (Fsp3) is 0.333. The highest BCUT2D eigenvalue weighted by molar-refractivity contribution is 5.93. The molecule has 1 aromatic carbocycles. The van der Waals surface area contributed by atoms with E-state index in [0.29, 0.717) is 30.3 Å². The molecule has 0 aliphatic heterocycles. The molecule has 0 amide bonds. The molecule has 0 bridgehead atoms. The van der Waals surface area contributed by atoms with E-state index in [1.165, 1.54) is 0 Å². The van der Waals surface area contributed by atoms with Crippen molar-refractivity contribution in [3.63, 3.8) is 0 Å². The Labute approximate surface area is 237 Å². The molecule has 0 fully saturated rings. The average molecular weight is 555 g/mol. The van der Waals surface area contributed by atoms with Crippen LogP contribution in [0.15, 0.2) is 65.8 Å². The van der Waals surface area contributed by atoms with Gasteiger partial charge in [-0.15, -0.1) is 5.10 Å². The Morgan fingerprint density at radius 3 is 2.61 bits per heavy atom. The highest BCUT2D eigenvalue weighted by Gasteiger charge is 2.23. The Morgan fingerprint density at radius 2 is 1.85 bits per heavy atom. The van der Waals surface area contributed by atoms with Gasteiger partial charge in [-0.1, -0.05) is 38.5 Å². The molecule has 0 radical (unpaired) electrons. The van der Waals surface area contributed by atoms with Gasteiger partial charge in [0, 0.05) is 36.4 Å². The maximum atomic E-state index is 14.0. The normalized spacial score (nSPS) is 11.2.